The molecular formula is C8H17NO4S. The molecule has 0 spiro atoms. The molecule has 2 N–H and O–H groups in total. The number of nitrogens with one attached hydrogen (secondary N) is 1. The van der Waals surface area contributed by atoms with E-state index in [1.807, 2.05) is 0 Å². The van der Waals surface area contributed by atoms with Gasteiger partial charge in [-0.05, 0) is 27.2 Å². The van der Waals surface area contributed by atoms with Gasteiger partial charge in [0.2, 0.25) is 10.0 Å². The summed E-state index contributed by atoms with van der Waals surface area (Å²) in [4.78, 5) is 10.6. The molecule has 0 radical (unpaired) electrons. The molecule has 0 saturated carbocycles. The number of rotatable bonds is 4. The van der Waals surface area contributed by atoms with Gasteiger partial charge in [0.1, 0.15) is 6.04 Å². The van der Waals surface area contributed by atoms with Crippen LogP contribution in [0.1, 0.15) is 34.1 Å². The van der Waals surface area contributed by atoms with Gasteiger partial charge in [-0.2, -0.15) is 0 Å². The summed E-state index contributed by atoms with van der Waals surface area (Å²) in [6.45, 7) is 6.17. The molecular weight excluding hydrogens is 206 g/mol. The van der Waals surface area contributed by atoms with E-state index in [2.05, 4.69) is 4.72 Å². The molecule has 0 fully saturated rings. The van der Waals surface area contributed by atoms with Gasteiger partial charge in [-0.25, -0.2) is 13.1 Å². The Hall–Kier alpha value is -0.620. The molecule has 0 aromatic rings. The smallest absolute Gasteiger partial charge is 0.321 e. The van der Waals surface area contributed by atoms with Gasteiger partial charge in [0.05, 0.1) is 4.75 Å². The minimum atomic E-state index is -3.58. The highest BCUT2D eigenvalue weighted by molar-refractivity contribution is 7.90. The van der Waals surface area contributed by atoms with E-state index in [9.17, 15) is 13.2 Å². The molecule has 0 aliphatic heterocycles. The Morgan fingerprint density at radius 3 is 2.07 bits per heavy atom. The van der Waals surface area contributed by atoms with Gasteiger partial charge < -0.3 is 5.11 Å². The van der Waals surface area contributed by atoms with Crippen molar-refractivity contribution in [3.8, 4) is 0 Å². The fourth-order valence-electron chi connectivity index (χ4n) is 0.672. The third-order valence-electron chi connectivity index (χ3n) is 1.81. The summed E-state index contributed by atoms with van der Waals surface area (Å²) < 4.78 is 24.3. The molecule has 0 bridgehead atoms. The first-order valence-electron chi connectivity index (χ1n) is 4.36. The van der Waals surface area contributed by atoms with Crippen LogP contribution < -0.4 is 4.72 Å². The predicted molar refractivity (Wildman–Crippen MR) is 53.5 cm³/mol. The fraction of sp³-hybridized carbons (Fsp3) is 0.875. The van der Waals surface area contributed by atoms with Gasteiger partial charge in [0.25, 0.3) is 0 Å². The number of carboxylic acid groups (broad SMARTS) is 1. The van der Waals surface area contributed by atoms with E-state index < -0.39 is 26.8 Å². The highest BCUT2D eigenvalue weighted by atomic mass is 32.2. The van der Waals surface area contributed by atoms with Crippen LogP contribution in [0.5, 0.6) is 0 Å². The van der Waals surface area contributed by atoms with Crippen molar-refractivity contribution in [3.63, 3.8) is 0 Å². The minimum Gasteiger partial charge on any atom is -0.480 e. The van der Waals surface area contributed by atoms with Gasteiger partial charge in [0, 0.05) is 0 Å². The van der Waals surface area contributed by atoms with Crippen LogP contribution in [0, 0.1) is 0 Å². The van der Waals surface area contributed by atoms with Crippen LogP contribution in [0.25, 0.3) is 0 Å². The molecule has 14 heavy (non-hydrogen) atoms. The number of hydrogen-bond donors (Lipinski definition) is 2. The molecule has 0 aromatic carbocycles. The van der Waals surface area contributed by atoms with Crippen molar-refractivity contribution in [2.45, 2.75) is 44.9 Å². The Kier molecular flexibility index (Phi) is 4.08. The van der Waals surface area contributed by atoms with Crippen molar-refractivity contribution >= 4 is 16.0 Å². The monoisotopic (exact) mass is 223 g/mol. The van der Waals surface area contributed by atoms with Gasteiger partial charge in [-0.1, -0.05) is 6.92 Å². The van der Waals surface area contributed by atoms with Crippen LogP contribution in [0.15, 0.2) is 0 Å². The quantitative estimate of drug-likeness (QED) is 0.729. The van der Waals surface area contributed by atoms with Crippen molar-refractivity contribution in [2.24, 2.45) is 0 Å². The topological polar surface area (TPSA) is 83.5 Å². The zero-order valence-corrected chi connectivity index (χ0v) is 9.68. The van der Waals surface area contributed by atoms with Crippen LogP contribution in [0.3, 0.4) is 0 Å². The third-order valence-corrected chi connectivity index (χ3v) is 4.02. The average molecular weight is 223 g/mol. The Morgan fingerprint density at radius 2 is 1.86 bits per heavy atom. The van der Waals surface area contributed by atoms with Gasteiger partial charge in [-0.3, -0.25) is 4.79 Å². The Morgan fingerprint density at radius 1 is 1.43 bits per heavy atom. The first-order chi connectivity index (χ1) is 6.12. The Labute approximate surface area is 84.6 Å². The van der Waals surface area contributed by atoms with Crippen LogP contribution in [0.4, 0.5) is 0 Å². The zero-order valence-electron chi connectivity index (χ0n) is 8.86. The lowest BCUT2D eigenvalue weighted by Crippen LogP contribution is -2.47. The Balaban J connectivity index is 4.75. The SMILES string of the molecule is CC[C@H](NS(=O)(=O)C(C)(C)C)C(=O)O. The number of carbonyl (C=O) groups is 1. The first-order valence-corrected chi connectivity index (χ1v) is 5.85. The predicted octanol–water partition coefficient (Wildman–Crippen LogP) is 0.567. The molecule has 0 heterocycles. The van der Waals surface area contributed by atoms with Gasteiger partial charge >= 0.3 is 5.97 Å². The highest BCUT2D eigenvalue weighted by Gasteiger charge is 2.32. The minimum absolute atomic E-state index is 0.227. The number of sulfonamides is 1. The lowest BCUT2D eigenvalue weighted by Gasteiger charge is -2.22. The van der Waals surface area contributed by atoms with E-state index in [0.717, 1.165) is 0 Å². The van der Waals surface area contributed by atoms with Crippen LogP contribution in [-0.4, -0.2) is 30.3 Å². The summed E-state index contributed by atoms with van der Waals surface area (Å²) in [7, 11) is -3.58. The van der Waals surface area contributed by atoms with Gasteiger partial charge in [-0.15, -0.1) is 0 Å². The van der Waals surface area contributed by atoms with E-state index in [4.69, 9.17) is 5.11 Å². The Bertz CT molecular complexity index is 302. The summed E-state index contributed by atoms with van der Waals surface area (Å²) in [6.07, 6.45) is 0.227. The summed E-state index contributed by atoms with van der Waals surface area (Å²) >= 11 is 0. The van der Waals surface area contributed by atoms with Gasteiger partial charge in [0.15, 0.2) is 0 Å². The maximum atomic E-state index is 11.6. The summed E-state index contributed by atoms with van der Waals surface area (Å²) in [5.74, 6) is -1.15. The molecule has 0 aromatic heterocycles. The molecule has 6 heteroatoms. The van der Waals surface area contributed by atoms with Crippen molar-refractivity contribution in [2.75, 3.05) is 0 Å². The van der Waals surface area contributed by atoms with Crippen molar-refractivity contribution in [1.82, 2.24) is 4.72 Å². The van der Waals surface area contributed by atoms with E-state index >= 15 is 0 Å². The first kappa shape index (κ1) is 13.4. The summed E-state index contributed by atoms with van der Waals surface area (Å²) in [5, 5.41) is 8.68. The second-order valence-corrected chi connectivity index (χ2v) is 6.50. The van der Waals surface area contributed by atoms with E-state index in [0.29, 0.717) is 0 Å². The van der Waals surface area contributed by atoms with Crippen molar-refractivity contribution in [3.05, 3.63) is 0 Å². The third kappa shape index (κ3) is 3.26. The van der Waals surface area contributed by atoms with Crippen LogP contribution in [-0.2, 0) is 14.8 Å². The molecule has 1 atom stereocenters. The molecule has 0 amide bonds. The van der Waals surface area contributed by atoms with Crippen LogP contribution >= 0.6 is 0 Å². The summed E-state index contributed by atoms with van der Waals surface area (Å²) in [6, 6.07) is -1.04. The maximum absolute atomic E-state index is 11.6. The second kappa shape index (κ2) is 4.27. The number of aliphatic carboxylic acids is 1. The lowest BCUT2D eigenvalue weighted by atomic mass is 10.2. The fourth-order valence-corrected chi connectivity index (χ4v) is 1.67. The van der Waals surface area contributed by atoms with Crippen molar-refractivity contribution in [1.29, 1.82) is 0 Å². The van der Waals surface area contributed by atoms with E-state index in [1.165, 1.54) is 20.8 Å². The molecule has 0 aliphatic rings. The molecule has 5 nitrogen and oxygen atoms in total. The average Bonchev–Trinajstić information content (AvgIpc) is 1.97. The summed E-state index contributed by atoms with van der Waals surface area (Å²) in [5.41, 5.74) is 0. The van der Waals surface area contributed by atoms with Crippen molar-refractivity contribution < 1.29 is 18.3 Å². The highest BCUT2D eigenvalue weighted by Crippen LogP contribution is 2.14. The van der Waals surface area contributed by atoms with Crippen LogP contribution in [0.2, 0.25) is 0 Å². The molecule has 0 rings (SSSR count). The molecule has 0 unspecified atom stereocenters. The largest absolute Gasteiger partial charge is 0.480 e. The standard InChI is InChI=1S/C8H17NO4S/c1-5-6(7(10)11)9-14(12,13)8(2,3)4/h6,9H,5H2,1-4H3,(H,10,11)/t6-/m0/s1. The molecule has 0 saturated heterocycles. The maximum Gasteiger partial charge on any atom is 0.321 e. The number of carboxylic acids is 1. The number of hydrogen-bond acceptors (Lipinski definition) is 3. The normalized spacial score (nSPS) is 15.1. The van der Waals surface area contributed by atoms with E-state index in [-0.39, 0.29) is 6.42 Å². The lowest BCUT2D eigenvalue weighted by molar-refractivity contribution is -0.139. The molecule has 0 aliphatic carbocycles. The van der Waals surface area contributed by atoms with E-state index in [1.54, 1.807) is 6.92 Å². The molecule has 84 valence electrons. The second-order valence-electron chi connectivity index (χ2n) is 4.03. The zero-order chi connectivity index (χ0) is 11.6.